The molecule has 0 aromatic heterocycles. The molecule has 0 N–H and O–H groups in total. The number of quaternary nitrogens is 1. The Morgan fingerprint density at radius 2 is 1.61 bits per heavy atom. The van der Waals surface area contributed by atoms with Crippen LogP contribution >= 0.6 is 11.6 Å². The van der Waals surface area contributed by atoms with Crippen molar-refractivity contribution in [1.82, 2.24) is 0 Å². The molecule has 0 fully saturated rings. The summed E-state index contributed by atoms with van der Waals surface area (Å²) in [6.07, 6.45) is 9.93. The smallest absolute Gasteiger partial charge is 0.311 e. The Kier molecular flexibility index (Phi) is 10.7. The largest absolute Gasteiger partial charge is 0.427 e. The Bertz CT molecular complexity index is 1940. The molecule has 51 heavy (non-hydrogen) atoms. The van der Waals surface area contributed by atoms with E-state index in [0.29, 0.717) is 12.2 Å². The van der Waals surface area contributed by atoms with Crippen LogP contribution in [-0.4, -0.2) is 61.0 Å². The van der Waals surface area contributed by atoms with Crippen molar-refractivity contribution in [3.05, 3.63) is 130 Å². The van der Waals surface area contributed by atoms with Crippen LogP contribution in [0.3, 0.4) is 0 Å². The van der Waals surface area contributed by atoms with Crippen LogP contribution in [-0.2, 0) is 15.6 Å². The zero-order valence-corrected chi connectivity index (χ0v) is 32.3. The first-order valence-electron chi connectivity index (χ1n) is 18.6. The number of esters is 1. The lowest BCUT2D eigenvalue weighted by Gasteiger charge is -2.37. The van der Waals surface area contributed by atoms with Crippen molar-refractivity contribution in [2.24, 2.45) is 5.92 Å². The molecule has 1 unspecified atom stereocenters. The maximum absolute atomic E-state index is 12.4. The first-order valence-corrected chi connectivity index (χ1v) is 18.9. The highest BCUT2D eigenvalue weighted by Gasteiger charge is 2.44. The van der Waals surface area contributed by atoms with Gasteiger partial charge in [0.05, 0.1) is 37.7 Å². The molecule has 0 bridgehead atoms. The molecule has 0 radical (unpaired) electrons. The molecule has 0 amide bonds. The predicted octanol–water partition coefficient (Wildman–Crippen LogP) is 9.84. The summed E-state index contributed by atoms with van der Waals surface area (Å²) >= 11 is 7.33. The quantitative estimate of drug-likeness (QED) is 0.0498. The van der Waals surface area contributed by atoms with E-state index in [2.05, 4.69) is 131 Å². The molecular weight excluding hydrogens is 650 g/mol. The van der Waals surface area contributed by atoms with Gasteiger partial charge >= 0.3 is 5.97 Å². The maximum atomic E-state index is 12.4. The molecule has 3 aliphatic rings. The van der Waals surface area contributed by atoms with E-state index in [0.717, 1.165) is 55.0 Å². The maximum Gasteiger partial charge on any atom is 0.311 e. The van der Waals surface area contributed by atoms with Crippen molar-refractivity contribution in [2.75, 3.05) is 45.2 Å². The van der Waals surface area contributed by atoms with Crippen molar-refractivity contribution in [3.63, 3.8) is 0 Å². The Morgan fingerprint density at radius 1 is 0.922 bits per heavy atom. The fourth-order valence-electron chi connectivity index (χ4n) is 8.25. The molecule has 6 rings (SSSR count). The third-order valence-corrected chi connectivity index (χ3v) is 11.4. The number of carbonyl (C=O) groups is 1. The molecule has 0 saturated heterocycles. The number of hydrogen-bond donors (Lipinski definition) is 0. The van der Waals surface area contributed by atoms with Gasteiger partial charge in [-0.15, -0.1) is 5.73 Å². The van der Waals surface area contributed by atoms with Gasteiger partial charge in [0.25, 0.3) is 0 Å². The highest BCUT2D eigenvalue weighted by atomic mass is 35.5. The van der Waals surface area contributed by atoms with Crippen molar-refractivity contribution in [3.8, 4) is 5.75 Å². The van der Waals surface area contributed by atoms with E-state index in [4.69, 9.17) is 16.3 Å². The van der Waals surface area contributed by atoms with Gasteiger partial charge in [0.2, 0.25) is 5.69 Å². The summed E-state index contributed by atoms with van der Waals surface area (Å²) in [7, 11) is 4.59. The molecule has 0 spiro atoms. The monoisotopic (exact) mass is 703 g/mol. The number of fused-ring (bicyclic) bond motifs is 2. The lowest BCUT2D eigenvalue weighted by atomic mass is 9.81. The average molecular weight is 704 g/mol. The predicted molar refractivity (Wildman–Crippen MR) is 211 cm³/mol. The molecular formula is C45H54ClN3O2+2. The molecule has 5 nitrogen and oxygen atoms in total. The van der Waals surface area contributed by atoms with E-state index >= 15 is 0 Å². The highest BCUT2D eigenvalue weighted by Crippen LogP contribution is 2.47. The van der Waals surface area contributed by atoms with E-state index in [9.17, 15) is 4.79 Å². The number of carbonyl (C=O) groups excluding carboxylic acids is 1. The van der Waals surface area contributed by atoms with Gasteiger partial charge in [0.1, 0.15) is 18.8 Å². The Labute approximate surface area is 310 Å². The third kappa shape index (κ3) is 7.58. The summed E-state index contributed by atoms with van der Waals surface area (Å²) in [5, 5.41) is 0.913. The average Bonchev–Trinajstić information content (AvgIpc) is 3.46. The molecule has 0 aliphatic carbocycles. The Morgan fingerprint density at radius 3 is 2.35 bits per heavy atom. The molecule has 3 aromatic carbocycles. The van der Waals surface area contributed by atoms with E-state index in [-0.39, 0.29) is 22.7 Å². The summed E-state index contributed by atoms with van der Waals surface area (Å²) in [6, 6.07) is 26.8. The van der Waals surface area contributed by atoms with Gasteiger partial charge in [0.15, 0.2) is 5.71 Å². The van der Waals surface area contributed by atoms with Gasteiger partial charge in [-0.2, -0.15) is 4.58 Å². The van der Waals surface area contributed by atoms with Gasteiger partial charge in [0, 0.05) is 52.4 Å². The minimum Gasteiger partial charge on any atom is -0.427 e. The SMILES string of the molecule is CC[N+]1=C(/C=C/C2=C(Cl)C(C=C=C3N(CCCCCC(=O)Oc4ccccc4)c4ccccc4C3(C)C)C[N+](C)(C)C2)C(C)(C)c2ccccc21. The van der Waals surface area contributed by atoms with Crippen LogP contribution < -0.4 is 9.64 Å². The summed E-state index contributed by atoms with van der Waals surface area (Å²) in [5.41, 5.74) is 12.4. The number of para-hydroxylation sites is 3. The summed E-state index contributed by atoms with van der Waals surface area (Å²) < 4.78 is 8.78. The van der Waals surface area contributed by atoms with E-state index < -0.39 is 0 Å². The Hall–Kier alpha value is -4.15. The minimum absolute atomic E-state index is 0.0561. The molecule has 266 valence electrons. The zero-order chi connectivity index (χ0) is 36.4. The number of hydrogen-bond acceptors (Lipinski definition) is 3. The second kappa shape index (κ2) is 14.8. The van der Waals surface area contributed by atoms with Crippen molar-refractivity contribution in [2.45, 2.75) is 71.1 Å². The summed E-state index contributed by atoms with van der Waals surface area (Å²) in [5.74, 6) is 0.480. The van der Waals surface area contributed by atoms with Crippen LogP contribution in [0.15, 0.2) is 119 Å². The van der Waals surface area contributed by atoms with Gasteiger partial charge in [-0.1, -0.05) is 72.6 Å². The molecule has 3 aromatic rings. The standard InChI is InChI=1S/C45H54ClN3O2/c1-8-47-38-23-16-14-21-36(38)44(2,3)40(47)28-26-33-31-49(6,7)32-34(43(33)46)27-29-41-45(4,5)37-22-15-17-24-39(37)48(41)30-18-10-13-25-42(50)51-35-19-11-9-12-20-35/h9,11-12,14-17,19-24,26-28,34H,8,10,13,18,25,30-32H2,1-7H3/q+2/b28-26+. The van der Waals surface area contributed by atoms with Crippen molar-refractivity contribution >= 4 is 34.7 Å². The van der Waals surface area contributed by atoms with Crippen LogP contribution in [0.4, 0.5) is 11.4 Å². The number of ether oxygens (including phenoxy) is 1. The number of anilines is 1. The van der Waals surface area contributed by atoms with Crippen molar-refractivity contribution < 1.29 is 18.6 Å². The minimum atomic E-state index is -0.201. The topological polar surface area (TPSA) is 32.5 Å². The molecule has 3 aliphatic heterocycles. The number of rotatable bonds is 11. The van der Waals surface area contributed by atoms with E-state index in [1.54, 1.807) is 0 Å². The lowest BCUT2D eigenvalue weighted by Crippen LogP contribution is -2.47. The highest BCUT2D eigenvalue weighted by molar-refractivity contribution is 6.30. The summed E-state index contributed by atoms with van der Waals surface area (Å²) in [4.78, 5) is 14.8. The number of halogens is 1. The van der Waals surface area contributed by atoms with Gasteiger partial charge in [-0.3, -0.25) is 4.79 Å². The number of allylic oxidation sites excluding steroid dienone is 1. The van der Waals surface area contributed by atoms with Gasteiger partial charge < -0.3 is 14.1 Å². The first-order chi connectivity index (χ1) is 24.3. The van der Waals surface area contributed by atoms with Gasteiger partial charge in [-0.25, -0.2) is 0 Å². The molecule has 1 atom stereocenters. The van der Waals surface area contributed by atoms with Crippen LogP contribution in [0, 0.1) is 5.92 Å². The number of likely N-dealkylation sites (N-methyl/N-ethyl adjacent to an activating group) is 1. The number of unbranched alkanes of at least 4 members (excludes halogenated alkanes) is 2. The fraction of sp³-hybridized carbons (Fsp3) is 0.400. The van der Waals surface area contributed by atoms with Gasteiger partial charge in [-0.05, 0) is 83.4 Å². The first kappa shape index (κ1) is 36.6. The lowest BCUT2D eigenvalue weighted by molar-refractivity contribution is -0.889. The van der Waals surface area contributed by atoms with Crippen LogP contribution in [0.5, 0.6) is 5.75 Å². The van der Waals surface area contributed by atoms with Crippen molar-refractivity contribution in [1.29, 1.82) is 0 Å². The summed E-state index contributed by atoms with van der Waals surface area (Å²) in [6.45, 7) is 15.0. The fourth-order valence-corrected chi connectivity index (χ4v) is 8.51. The van der Waals surface area contributed by atoms with E-state index in [1.807, 2.05) is 30.3 Å². The van der Waals surface area contributed by atoms with Crippen LogP contribution in [0.2, 0.25) is 0 Å². The molecule has 0 saturated carbocycles. The molecule has 3 heterocycles. The number of benzene rings is 3. The second-order valence-electron chi connectivity index (χ2n) is 15.9. The third-order valence-electron chi connectivity index (χ3n) is 10.9. The van der Waals surface area contributed by atoms with E-state index in [1.165, 1.54) is 39.5 Å². The normalized spacial score (nSPS) is 20.0. The zero-order valence-electron chi connectivity index (χ0n) is 31.5. The number of nitrogens with zero attached hydrogens (tertiary/aromatic N) is 3. The molecule has 6 heteroatoms. The Balaban J connectivity index is 1.23. The second-order valence-corrected chi connectivity index (χ2v) is 16.3. The van der Waals surface area contributed by atoms with Crippen LogP contribution in [0.25, 0.3) is 0 Å². The van der Waals surface area contributed by atoms with Crippen LogP contribution in [0.1, 0.15) is 71.4 Å².